The summed E-state index contributed by atoms with van der Waals surface area (Å²) in [4.78, 5) is 18.7. The van der Waals surface area contributed by atoms with Crippen LogP contribution in [0, 0.1) is 0 Å². The summed E-state index contributed by atoms with van der Waals surface area (Å²) >= 11 is 1.38. The molecule has 0 aromatic carbocycles. The van der Waals surface area contributed by atoms with E-state index in [1.54, 1.807) is 17.8 Å². The van der Waals surface area contributed by atoms with Crippen LogP contribution in [0.5, 0.6) is 0 Å². The van der Waals surface area contributed by atoms with Crippen molar-refractivity contribution >= 4 is 17.2 Å². The monoisotopic (exact) mass is 379 g/mol. The first-order valence-corrected chi connectivity index (χ1v) is 10.2. The number of nitrogens with zero attached hydrogens (tertiary/aromatic N) is 2. The molecule has 0 radical (unpaired) electrons. The Labute approximate surface area is 159 Å². The van der Waals surface area contributed by atoms with Gasteiger partial charge >= 0.3 is 0 Å². The number of thiazole rings is 1. The standard InChI is InChI=1S/C19H29N3O3S/c1-14(2)4-7-22-8-5-19(6-9-22)12-18(3,24)16(10-25-19)21-17(23)15-11-26-13-20-15/h4,11,13,16,24H,5-10,12H2,1-3H3,(H,21,23)/t16-,18-/m0/s1. The fourth-order valence-corrected chi connectivity index (χ4v) is 4.33. The molecule has 1 aromatic rings. The van der Waals surface area contributed by atoms with Gasteiger partial charge in [-0.05, 0) is 33.6 Å². The van der Waals surface area contributed by atoms with Gasteiger partial charge < -0.3 is 15.2 Å². The van der Waals surface area contributed by atoms with Crippen LogP contribution in [0.25, 0.3) is 0 Å². The maximum Gasteiger partial charge on any atom is 0.271 e. The minimum Gasteiger partial charge on any atom is -0.388 e. The van der Waals surface area contributed by atoms with E-state index in [0.29, 0.717) is 18.7 Å². The summed E-state index contributed by atoms with van der Waals surface area (Å²) in [6, 6.07) is -0.425. The highest BCUT2D eigenvalue weighted by Crippen LogP contribution is 2.39. The lowest BCUT2D eigenvalue weighted by molar-refractivity contribution is -0.185. The van der Waals surface area contributed by atoms with Crippen LogP contribution in [-0.4, -0.2) is 64.4 Å². The Balaban J connectivity index is 1.57. The Morgan fingerprint density at radius 3 is 2.81 bits per heavy atom. The molecule has 2 fully saturated rings. The highest BCUT2D eigenvalue weighted by Gasteiger charge is 2.49. The Kier molecular flexibility index (Phi) is 5.81. The van der Waals surface area contributed by atoms with Crippen LogP contribution in [0.2, 0.25) is 0 Å². The van der Waals surface area contributed by atoms with E-state index >= 15 is 0 Å². The predicted molar refractivity (Wildman–Crippen MR) is 102 cm³/mol. The zero-order valence-electron chi connectivity index (χ0n) is 15.8. The third-order valence-corrected chi connectivity index (χ3v) is 6.07. The van der Waals surface area contributed by atoms with Gasteiger partial charge in [0.05, 0.1) is 29.4 Å². The number of amides is 1. The number of hydrogen-bond acceptors (Lipinski definition) is 6. The van der Waals surface area contributed by atoms with Crippen molar-refractivity contribution in [1.29, 1.82) is 0 Å². The van der Waals surface area contributed by atoms with E-state index in [9.17, 15) is 9.90 Å². The molecular weight excluding hydrogens is 350 g/mol. The number of aliphatic hydroxyl groups is 1. The number of ether oxygens (including phenoxy) is 1. The maximum atomic E-state index is 12.3. The number of hydrogen-bond donors (Lipinski definition) is 2. The van der Waals surface area contributed by atoms with Gasteiger partial charge in [-0.2, -0.15) is 0 Å². The Hall–Kier alpha value is -1.28. The van der Waals surface area contributed by atoms with Gasteiger partial charge in [0, 0.05) is 31.4 Å². The largest absolute Gasteiger partial charge is 0.388 e. The van der Waals surface area contributed by atoms with Gasteiger partial charge in [0.1, 0.15) is 5.69 Å². The van der Waals surface area contributed by atoms with Gasteiger partial charge in [0.15, 0.2) is 0 Å². The van der Waals surface area contributed by atoms with Crippen LogP contribution >= 0.6 is 11.3 Å². The molecule has 0 saturated carbocycles. The lowest BCUT2D eigenvalue weighted by Crippen LogP contribution is -2.63. The second kappa shape index (κ2) is 7.76. The van der Waals surface area contributed by atoms with Crippen molar-refractivity contribution < 1.29 is 14.6 Å². The molecule has 6 nitrogen and oxygen atoms in total. The number of rotatable bonds is 4. The molecule has 7 heteroatoms. The topological polar surface area (TPSA) is 74.7 Å². The van der Waals surface area contributed by atoms with Crippen LogP contribution in [-0.2, 0) is 4.74 Å². The van der Waals surface area contributed by atoms with Crippen molar-refractivity contribution in [3.63, 3.8) is 0 Å². The summed E-state index contributed by atoms with van der Waals surface area (Å²) < 4.78 is 6.21. The SMILES string of the molecule is CC(C)=CCN1CCC2(CC1)C[C@](C)(O)[C@@H](NC(=O)c1cscn1)CO2. The number of likely N-dealkylation sites (tertiary alicyclic amines) is 1. The number of carbonyl (C=O) groups excluding carboxylic acids is 1. The Bertz CT molecular complexity index is 645. The molecule has 3 heterocycles. The fraction of sp³-hybridized carbons (Fsp3) is 0.684. The summed E-state index contributed by atoms with van der Waals surface area (Å²) in [6.07, 6.45) is 4.61. The van der Waals surface area contributed by atoms with Crippen molar-refractivity contribution in [1.82, 2.24) is 15.2 Å². The number of nitrogens with one attached hydrogen (secondary N) is 1. The van der Waals surface area contributed by atoms with Crippen molar-refractivity contribution in [3.8, 4) is 0 Å². The summed E-state index contributed by atoms with van der Waals surface area (Å²) in [5.41, 5.74) is 2.07. The van der Waals surface area contributed by atoms with Gasteiger partial charge in [-0.1, -0.05) is 11.6 Å². The molecule has 1 spiro atoms. The van der Waals surface area contributed by atoms with Crippen LogP contribution in [0.15, 0.2) is 22.5 Å². The zero-order valence-corrected chi connectivity index (χ0v) is 16.6. The van der Waals surface area contributed by atoms with Crippen LogP contribution < -0.4 is 5.32 Å². The molecule has 26 heavy (non-hydrogen) atoms. The molecule has 2 aliphatic rings. The average molecular weight is 380 g/mol. The van der Waals surface area contributed by atoms with Crippen molar-refractivity contribution in [2.24, 2.45) is 0 Å². The lowest BCUT2D eigenvalue weighted by Gasteiger charge is -2.51. The van der Waals surface area contributed by atoms with Crippen LogP contribution in [0.1, 0.15) is 50.5 Å². The van der Waals surface area contributed by atoms with Gasteiger partial charge in [-0.15, -0.1) is 11.3 Å². The first kappa shape index (κ1) is 19.5. The average Bonchev–Trinajstić information content (AvgIpc) is 3.11. The van der Waals surface area contributed by atoms with Gasteiger partial charge in [0.2, 0.25) is 0 Å². The van der Waals surface area contributed by atoms with E-state index in [-0.39, 0.29) is 11.5 Å². The summed E-state index contributed by atoms with van der Waals surface area (Å²) in [5, 5.41) is 15.6. The third-order valence-electron chi connectivity index (χ3n) is 5.48. The quantitative estimate of drug-likeness (QED) is 0.785. The lowest BCUT2D eigenvalue weighted by atomic mass is 9.75. The molecule has 1 aromatic heterocycles. The van der Waals surface area contributed by atoms with E-state index in [1.165, 1.54) is 16.9 Å². The first-order valence-electron chi connectivity index (χ1n) is 9.21. The minimum atomic E-state index is -0.994. The van der Waals surface area contributed by atoms with E-state index in [1.807, 2.05) is 0 Å². The smallest absolute Gasteiger partial charge is 0.271 e. The van der Waals surface area contributed by atoms with Gasteiger partial charge in [-0.3, -0.25) is 9.69 Å². The molecule has 2 N–H and O–H groups in total. The summed E-state index contributed by atoms with van der Waals surface area (Å²) in [7, 11) is 0. The van der Waals surface area contributed by atoms with Gasteiger partial charge in [0.25, 0.3) is 5.91 Å². The highest BCUT2D eigenvalue weighted by molar-refractivity contribution is 7.07. The van der Waals surface area contributed by atoms with Crippen molar-refractivity contribution in [2.75, 3.05) is 26.2 Å². The normalized spacial score (nSPS) is 28.7. The fourth-order valence-electron chi connectivity index (χ4n) is 3.80. The van der Waals surface area contributed by atoms with Crippen molar-refractivity contribution in [3.05, 3.63) is 28.2 Å². The molecule has 0 bridgehead atoms. The second-order valence-corrected chi connectivity index (χ2v) is 8.73. The maximum absolute atomic E-state index is 12.3. The van der Waals surface area contributed by atoms with E-state index in [0.717, 1.165) is 32.5 Å². The van der Waals surface area contributed by atoms with Gasteiger partial charge in [-0.25, -0.2) is 4.98 Å². The molecule has 0 aliphatic carbocycles. The predicted octanol–water partition coefficient (Wildman–Crippen LogP) is 2.21. The first-order chi connectivity index (χ1) is 12.3. The zero-order chi connectivity index (χ0) is 18.8. The molecule has 2 aliphatic heterocycles. The minimum absolute atomic E-state index is 0.257. The van der Waals surface area contributed by atoms with E-state index < -0.39 is 11.6 Å². The highest BCUT2D eigenvalue weighted by atomic mass is 32.1. The molecular formula is C19H29N3O3S. The summed E-state index contributed by atoms with van der Waals surface area (Å²) in [5.74, 6) is -0.257. The number of carbonyl (C=O) groups is 1. The molecule has 0 unspecified atom stereocenters. The molecule has 144 valence electrons. The number of piperidine rings is 1. The Morgan fingerprint density at radius 2 is 2.23 bits per heavy atom. The molecule has 3 rings (SSSR count). The van der Waals surface area contributed by atoms with Crippen LogP contribution in [0.4, 0.5) is 0 Å². The van der Waals surface area contributed by atoms with Crippen molar-refractivity contribution in [2.45, 2.75) is 57.3 Å². The molecule has 2 atom stereocenters. The molecule has 1 amide bonds. The number of aromatic nitrogens is 1. The van der Waals surface area contributed by atoms with E-state index in [4.69, 9.17) is 4.74 Å². The van der Waals surface area contributed by atoms with E-state index in [2.05, 4.69) is 35.1 Å². The summed E-state index contributed by atoms with van der Waals surface area (Å²) in [6.45, 7) is 9.28. The molecule has 2 saturated heterocycles. The Morgan fingerprint density at radius 1 is 1.50 bits per heavy atom. The third kappa shape index (κ3) is 4.52. The second-order valence-electron chi connectivity index (χ2n) is 8.01. The van der Waals surface area contributed by atoms with Crippen LogP contribution in [0.3, 0.4) is 0 Å². The number of allylic oxidation sites excluding steroid dienone is 1.